The molecule has 0 saturated carbocycles. The number of carbonyl (C=O) groups excluding carboxylic acids is 1. The molecule has 1 saturated heterocycles. The van der Waals surface area contributed by atoms with Gasteiger partial charge in [0.15, 0.2) is 5.82 Å². The summed E-state index contributed by atoms with van der Waals surface area (Å²) in [6.07, 6.45) is 3.42. The SMILES string of the molecule is CCc1noc([C@@H]2CCCCN2C(=O)c2nnc3ccccc3n2)n1. The number of para-hydroxylation sites is 1. The third-order valence-corrected chi connectivity index (χ3v) is 4.40. The second-order valence-corrected chi connectivity index (χ2v) is 6.04. The summed E-state index contributed by atoms with van der Waals surface area (Å²) in [5, 5.41) is 12.1. The molecule has 2 aromatic heterocycles. The lowest BCUT2D eigenvalue weighted by Gasteiger charge is -2.32. The highest BCUT2D eigenvalue weighted by Crippen LogP contribution is 2.30. The van der Waals surface area contributed by atoms with Crippen molar-refractivity contribution in [1.82, 2.24) is 30.2 Å². The second kappa shape index (κ2) is 6.54. The van der Waals surface area contributed by atoms with Crippen LogP contribution >= 0.6 is 0 Å². The predicted molar refractivity (Wildman–Crippen MR) is 88.6 cm³/mol. The molecule has 3 heterocycles. The van der Waals surface area contributed by atoms with Gasteiger partial charge in [-0.3, -0.25) is 4.79 Å². The number of hydrogen-bond donors (Lipinski definition) is 0. The first kappa shape index (κ1) is 15.6. The lowest BCUT2D eigenvalue weighted by Crippen LogP contribution is -2.39. The number of fused-ring (bicyclic) bond motifs is 1. The van der Waals surface area contributed by atoms with Gasteiger partial charge < -0.3 is 9.42 Å². The van der Waals surface area contributed by atoms with Gasteiger partial charge in [0.2, 0.25) is 11.7 Å². The highest BCUT2D eigenvalue weighted by atomic mass is 16.5. The number of amides is 1. The van der Waals surface area contributed by atoms with E-state index in [9.17, 15) is 4.79 Å². The molecule has 1 atom stereocenters. The zero-order valence-corrected chi connectivity index (χ0v) is 13.9. The molecule has 25 heavy (non-hydrogen) atoms. The van der Waals surface area contributed by atoms with Crippen molar-refractivity contribution in [2.45, 2.75) is 38.6 Å². The molecule has 0 N–H and O–H groups in total. The summed E-state index contributed by atoms with van der Waals surface area (Å²) in [5.74, 6) is 0.982. The topological polar surface area (TPSA) is 97.9 Å². The van der Waals surface area contributed by atoms with E-state index >= 15 is 0 Å². The van der Waals surface area contributed by atoms with E-state index in [4.69, 9.17) is 4.52 Å². The fourth-order valence-electron chi connectivity index (χ4n) is 3.08. The van der Waals surface area contributed by atoms with Gasteiger partial charge >= 0.3 is 0 Å². The van der Waals surface area contributed by atoms with Crippen LogP contribution in [0.5, 0.6) is 0 Å². The number of hydrogen-bond acceptors (Lipinski definition) is 7. The fourth-order valence-corrected chi connectivity index (χ4v) is 3.08. The first-order chi connectivity index (χ1) is 12.3. The van der Waals surface area contributed by atoms with Crippen molar-refractivity contribution < 1.29 is 9.32 Å². The number of likely N-dealkylation sites (tertiary alicyclic amines) is 1. The number of nitrogens with zero attached hydrogens (tertiary/aromatic N) is 6. The molecular weight excluding hydrogens is 320 g/mol. The molecule has 1 aromatic carbocycles. The fraction of sp³-hybridized carbons (Fsp3) is 0.412. The van der Waals surface area contributed by atoms with Gasteiger partial charge in [0.25, 0.3) is 5.91 Å². The first-order valence-corrected chi connectivity index (χ1v) is 8.49. The summed E-state index contributed by atoms with van der Waals surface area (Å²) < 4.78 is 5.37. The maximum absolute atomic E-state index is 13.0. The molecule has 1 amide bonds. The summed E-state index contributed by atoms with van der Waals surface area (Å²) in [5.41, 5.74) is 1.32. The molecule has 0 aliphatic carbocycles. The van der Waals surface area contributed by atoms with Crippen molar-refractivity contribution >= 4 is 16.9 Å². The van der Waals surface area contributed by atoms with Gasteiger partial charge in [-0.25, -0.2) is 4.98 Å². The summed E-state index contributed by atoms with van der Waals surface area (Å²) in [6, 6.07) is 7.13. The molecule has 3 aromatic rings. The van der Waals surface area contributed by atoms with Crippen molar-refractivity contribution in [3.8, 4) is 0 Å². The van der Waals surface area contributed by atoms with Crippen LogP contribution in [0.3, 0.4) is 0 Å². The Morgan fingerprint density at radius 3 is 2.84 bits per heavy atom. The summed E-state index contributed by atoms with van der Waals surface area (Å²) in [4.78, 5) is 23.5. The van der Waals surface area contributed by atoms with E-state index in [0.29, 0.717) is 35.7 Å². The maximum Gasteiger partial charge on any atom is 0.294 e. The van der Waals surface area contributed by atoms with Crippen molar-refractivity contribution in [3.05, 3.63) is 41.8 Å². The average molecular weight is 338 g/mol. The smallest absolute Gasteiger partial charge is 0.294 e. The number of carbonyl (C=O) groups is 1. The minimum atomic E-state index is -0.251. The van der Waals surface area contributed by atoms with Crippen molar-refractivity contribution in [1.29, 1.82) is 0 Å². The molecule has 1 fully saturated rings. The van der Waals surface area contributed by atoms with Crippen LogP contribution < -0.4 is 0 Å². The number of aromatic nitrogens is 5. The Kier molecular flexibility index (Phi) is 4.09. The Morgan fingerprint density at radius 1 is 1.20 bits per heavy atom. The number of benzene rings is 1. The van der Waals surface area contributed by atoms with Crippen molar-refractivity contribution in [2.24, 2.45) is 0 Å². The van der Waals surface area contributed by atoms with E-state index in [0.717, 1.165) is 19.3 Å². The standard InChI is InChI=1S/C17H18N6O2/c1-2-14-19-16(25-22-14)13-9-5-6-10-23(13)17(24)15-18-11-7-3-4-8-12(11)20-21-15/h3-4,7-8,13H,2,5-6,9-10H2,1H3/t13-/m0/s1. The number of aryl methyl sites for hydroxylation is 1. The second-order valence-electron chi connectivity index (χ2n) is 6.04. The lowest BCUT2D eigenvalue weighted by atomic mass is 10.0. The normalized spacial score (nSPS) is 17.8. The zero-order chi connectivity index (χ0) is 17.2. The van der Waals surface area contributed by atoms with Crippen LogP contribution in [-0.4, -0.2) is 42.7 Å². The molecule has 0 bridgehead atoms. The van der Waals surface area contributed by atoms with E-state index in [2.05, 4.69) is 25.3 Å². The molecular formula is C17H18N6O2. The van der Waals surface area contributed by atoms with Crippen LogP contribution in [0.25, 0.3) is 11.0 Å². The predicted octanol–water partition coefficient (Wildman–Crippen LogP) is 2.34. The largest absolute Gasteiger partial charge is 0.337 e. The molecule has 4 rings (SSSR count). The lowest BCUT2D eigenvalue weighted by molar-refractivity contribution is 0.0548. The monoisotopic (exact) mass is 338 g/mol. The summed E-state index contributed by atoms with van der Waals surface area (Å²) in [7, 11) is 0. The van der Waals surface area contributed by atoms with Crippen LogP contribution in [0, 0.1) is 0 Å². The van der Waals surface area contributed by atoms with Gasteiger partial charge in [-0.15, -0.1) is 10.2 Å². The van der Waals surface area contributed by atoms with E-state index in [1.807, 2.05) is 31.2 Å². The van der Waals surface area contributed by atoms with Gasteiger partial charge in [-0.2, -0.15) is 4.98 Å². The quantitative estimate of drug-likeness (QED) is 0.723. The Hall–Kier alpha value is -2.90. The van der Waals surface area contributed by atoms with Crippen molar-refractivity contribution in [3.63, 3.8) is 0 Å². The van der Waals surface area contributed by atoms with E-state index in [1.165, 1.54) is 0 Å². The van der Waals surface area contributed by atoms with E-state index < -0.39 is 0 Å². The van der Waals surface area contributed by atoms with Crippen LogP contribution in [-0.2, 0) is 6.42 Å². The minimum absolute atomic E-state index is 0.0980. The van der Waals surface area contributed by atoms with E-state index in [-0.39, 0.29) is 17.8 Å². The Bertz CT molecular complexity index is 909. The molecule has 0 radical (unpaired) electrons. The Morgan fingerprint density at radius 2 is 2.04 bits per heavy atom. The highest BCUT2D eigenvalue weighted by molar-refractivity contribution is 5.92. The molecule has 1 aliphatic heterocycles. The van der Waals surface area contributed by atoms with Gasteiger partial charge in [-0.05, 0) is 31.4 Å². The molecule has 8 heteroatoms. The first-order valence-electron chi connectivity index (χ1n) is 8.49. The maximum atomic E-state index is 13.0. The molecule has 0 spiro atoms. The zero-order valence-electron chi connectivity index (χ0n) is 13.9. The van der Waals surface area contributed by atoms with Gasteiger partial charge in [-0.1, -0.05) is 24.2 Å². The highest BCUT2D eigenvalue weighted by Gasteiger charge is 2.34. The van der Waals surface area contributed by atoms with Crippen LogP contribution in [0.1, 0.15) is 54.6 Å². The number of piperidine rings is 1. The summed E-state index contributed by atoms with van der Waals surface area (Å²) in [6.45, 7) is 2.58. The van der Waals surface area contributed by atoms with Crippen LogP contribution in [0.4, 0.5) is 0 Å². The van der Waals surface area contributed by atoms with Crippen molar-refractivity contribution in [2.75, 3.05) is 6.54 Å². The Labute approximate surface area is 144 Å². The minimum Gasteiger partial charge on any atom is -0.337 e. The third-order valence-electron chi connectivity index (χ3n) is 4.40. The van der Waals surface area contributed by atoms with E-state index in [1.54, 1.807) is 4.90 Å². The van der Waals surface area contributed by atoms with Crippen LogP contribution in [0.15, 0.2) is 28.8 Å². The Balaban J connectivity index is 1.65. The molecule has 1 aliphatic rings. The molecule has 0 unspecified atom stereocenters. The molecule has 8 nitrogen and oxygen atoms in total. The number of rotatable bonds is 3. The van der Waals surface area contributed by atoms with Gasteiger partial charge in [0.05, 0.1) is 5.52 Å². The van der Waals surface area contributed by atoms with Gasteiger partial charge in [0.1, 0.15) is 11.6 Å². The summed E-state index contributed by atoms with van der Waals surface area (Å²) >= 11 is 0. The third kappa shape index (κ3) is 2.95. The van der Waals surface area contributed by atoms with Crippen LogP contribution in [0.2, 0.25) is 0 Å². The average Bonchev–Trinajstić information content (AvgIpc) is 3.16. The van der Waals surface area contributed by atoms with Gasteiger partial charge in [0, 0.05) is 13.0 Å². The molecule has 128 valence electrons.